The fourth-order valence-electron chi connectivity index (χ4n) is 1.20. The van der Waals surface area contributed by atoms with Crippen molar-refractivity contribution in [2.24, 2.45) is 0 Å². The Morgan fingerprint density at radius 3 is 2.44 bits per heavy atom. The quantitative estimate of drug-likeness (QED) is 0.736. The summed E-state index contributed by atoms with van der Waals surface area (Å²) < 4.78 is 34.2. The Kier molecular flexibility index (Phi) is 5.24. The average Bonchev–Trinajstić information content (AvgIpc) is 2.26. The number of sulfone groups is 1. The molecular weight excluding hydrogens is 259 g/mol. The standard InChI is InChI=1S/C11H15FN2O3S/c1-18(16,17)7-6-13-8-11(15)14-10-4-2-9(12)3-5-10/h2-5,13H,6-8H2,1H3,(H,14,15). The number of rotatable bonds is 6. The van der Waals surface area contributed by atoms with Gasteiger partial charge >= 0.3 is 0 Å². The van der Waals surface area contributed by atoms with Crippen molar-refractivity contribution in [3.05, 3.63) is 30.1 Å². The van der Waals surface area contributed by atoms with E-state index in [2.05, 4.69) is 10.6 Å². The van der Waals surface area contributed by atoms with Crippen LogP contribution in [0, 0.1) is 5.82 Å². The number of carbonyl (C=O) groups is 1. The Bertz CT molecular complexity index is 500. The van der Waals surface area contributed by atoms with E-state index in [1.807, 2.05) is 0 Å². The molecule has 0 heterocycles. The molecule has 5 nitrogen and oxygen atoms in total. The average molecular weight is 274 g/mol. The Balaban J connectivity index is 2.28. The molecule has 0 spiro atoms. The highest BCUT2D eigenvalue weighted by Gasteiger charge is 2.04. The molecule has 0 bridgehead atoms. The normalized spacial score (nSPS) is 11.2. The van der Waals surface area contributed by atoms with Crippen LogP contribution in [0.2, 0.25) is 0 Å². The van der Waals surface area contributed by atoms with Gasteiger partial charge in [-0.3, -0.25) is 4.79 Å². The highest BCUT2D eigenvalue weighted by Crippen LogP contribution is 2.07. The maximum atomic E-state index is 12.6. The number of nitrogens with one attached hydrogen (secondary N) is 2. The lowest BCUT2D eigenvalue weighted by Crippen LogP contribution is -2.31. The van der Waals surface area contributed by atoms with Gasteiger partial charge in [0.15, 0.2) is 0 Å². The molecule has 18 heavy (non-hydrogen) atoms. The van der Waals surface area contributed by atoms with Crippen LogP contribution in [0.1, 0.15) is 0 Å². The number of hydrogen-bond donors (Lipinski definition) is 2. The molecule has 0 radical (unpaired) electrons. The monoisotopic (exact) mass is 274 g/mol. The number of halogens is 1. The van der Waals surface area contributed by atoms with Crippen molar-refractivity contribution in [1.29, 1.82) is 0 Å². The first-order chi connectivity index (χ1) is 8.37. The van der Waals surface area contributed by atoms with Crippen LogP contribution >= 0.6 is 0 Å². The minimum Gasteiger partial charge on any atom is -0.325 e. The lowest BCUT2D eigenvalue weighted by atomic mass is 10.3. The van der Waals surface area contributed by atoms with E-state index in [-0.39, 0.29) is 30.6 Å². The summed E-state index contributed by atoms with van der Waals surface area (Å²) in [5.41, 5.74) is 0.492. The van der Waals surface area contributed by atoms with Crippen molar-refractivity contribution in [3.63, 3.8) is 0 Å². The summed E-state index contributed by atoms with van der Waals surface area (Å²) in [6.07, 6.45) is 1.13. The summed E-state index contributed by atoms with van der Waals surface area (Å²) in [5, 5.41) is 5.26. The van der Waals surface area contributed by atoms with E-state index in [0.29, 0.717) is 5.69 Å². The molecule has 0 saturated carbocycles. The molecule has 0 aliphatic rings. The van der Waals surface area contributed by atoms with Crippen molar-refractivity contribution in [2.45, 2.75) is 0 Å². The van der Waals surface area contributed by atoms with Crippen LogP contribution in [-0.2, 0) is 14.6 Å². The lowest BCUT2D eigenvalue weighted by Gasteiger charge is -2.06. The van der Waals surface area contributed by atoms with Crippen LogP contribution in [0.25, 0.3) is 0 Å². The zero-order valence-electron chi connectivity index (χ0n) is 9.94. The van der Waals surface area contributed by atoms with Gasteiger partial charge in [-0.15, -0.1) is 0 Å². The molecule has 0 aromatic heterocycles. The minimum atomic E-state index is -3.02. The van der Waals surface area contributed by atoms with Crippen LogP contribution in [0.15, 0.2) is 24.3 Å². The van der Waals surface area contributed by atoms with Crippen LogP contribution < -0.4 is 10.6 Å². The van der Waals surface area contributed by atoms with E-state index < -0.39 is 9.84 Å². The van der Waals surface area contributed by atoms with Gasteiger partial charge in [0.25, 0.3) is 0 Å². The second kappa shape index (κ2) is 6.46. The molecule has 0 unspecified atom stereocenters. The third kappa shape index (κ3) is 6.31. The number of benzene rings is 1. The molecule has 0 atom stereocenters. The number of hydrogen-bond acceptors (Lipinski definition) is 4. The predicted molar refractivity (Wildman–Crippen MR) is 67.6 cm³/mol. The van der Waals surface area contributed by atoms with E-state index in [0.717, 1.165) is 6.26 Å². The third-order valence-corrected chi connectivity index (χ3v) is 3.01. The van der Waals surface area contributed by atoms with Crippen molar-refractivity contribution in [1.82, 2.24) is 5.32 Å². The van der Waals surface area contributed by atoms with Crippen LogP contribution in [-0.4, -0.2) is 39.4 Å². The van der Waals surface area contributed by atoms with Crippen molar-refractivity contribution < 1.29 is 17.6 Å². The zero-order chi connectivity index (χ0) is 13.6. The van der Waals surface area contributed by atoms with Crippen LogP contribution in [0.5, 0.6) is 0 Å². The SMILES string of the molecule is CS(=O)(=O)CCNCC(=O)Nc1ccc(F)cc1. The number of amides is 1. The molecule has 0 fully saturated rings. The first-order valence-corrected chi connectivity index (χ1v) is 7.37. The molecule has 0 aliphatic carbocycles. The van der Waals surface area contributed by atoms with Crippen molar-refractivity contribution in [3.8, 4) is 0 Å². The Labute approximate surface area is 105 Å². The highest BCUT2D eigenvalue weighted by molar-refractivity contribution is 7.90. The van der Waals surface area contributed by atoms with Crippen LogP contribution in [0.3, 0.4) is 0 Å². The van der Waals surface area contributed by atoms with Crippen molar-refractivity contribution >= 4 is 21.4 Å². The molecule has 0 saturated heterocycles. The van der Waals surface area contributed by atoms with Gasteiger partial charge in [0.1, 0.15) is 15.7 Å². The molecule has 1 amide bonds. The molecule has 1 aromatic carbocycles. The van der Waals surface area contributed by atoms with E-state index >= 15 is 0 Å². The molecule has 7 heteroatoms. The van der Waals surface area contributed by atoms with Gasteiger partial charge in [-0.05, 0) is 24.3 Å². The topological polar surface area (TPSA) is 75.3 Å². The summed E-state index contributed by atoms with van der Waals surface area (Å²) in [7, 11) is -3.02. The molecular formula is C11H15FN2O3S. The zero-order valence-corrected chi connectivity index (χ0v) is 10.8. The molecule has 0 aliphatic heterocycles. The summed E-state index contributed by atoms with van der Waals surface area (Å²) in [6.45, 7) is 0.225. The summed E-state index contributed by atoms with van der Waals surface area (Å²) in [4.78, 5) is 11.4. The third-order valence-electron chi connectivity index (χ3n) is 2.06. The second-order valence-electron chi connectivity index (χ2n) is 3.86. The maximum absolute atomic E-state index is 12.6. The lowest BCUT2D eigenvalue weighted by molar-refractivity contribution is -0.115. The second-order valence-corrected chi connectivity index (χ2v) is 6.12. The van der Waals surface area contributed by atoms with Gasteiger partial charge in [0, 0.05) is 18.5 Å². The van der Waals surface area contributed by atoms with E-state index in [9.17, 15) is 17.6 Å². The van der Waals surface area contributed by atoms with Gasteiger partial charge in [-0.2, -0.15) is 0 Å². The fourth-order valence-corrected chi connectivity index (χ4v) is 1.71. The minimum absolute atomic E-state index is 0.00684. The van der Waals surface area contributed by atoms with Gasteiger partial charge in [-0.25, -0.2) is 12.8 Å². The smallest absolute Gasteiger partial charge is 0.238 e. The largest absolute Gasteiger partial charge is 0.325 e. The Morgan fingerprint density at radius 1 is 1.28 bits per heavy atom. The molecule has 1 aromatic rings. The Hall–Kier alpha value is -1.47. The van der Waals surface area contributed by atoms with E-state index in [4.69, 9.17) is 0 Å². The number of carbonyl (C=O) groups excluding carboxylic acids is 1. The van der Waals surface area contributed by atoms with E-state index in [1.54, 1.807) is 0 Å². The summed E-state index contributed by atoms with van der Waals surface area (Å²) >= 11 is 0. The van der Waals surface area contributed by atoms with Crippen LogP contribution in [0.4, 0.5) is 10.1 Å². The predicted octanol–water partition coefficient (Wildman–Crippen LogP) is 0.398. The van der Waals surface area contributed by atoms with Gasteiger partial charge in [0.05, 0.1) is 12.3 Å². The molecule has 1 rings (SSSR count). The van der Waals surface area contributed by atoms with Gasteiger partial charge < -0.3 is 10.6 Å². The highest BCUT2D eigenvalue weighted by atomic mass is 32.2. The van der Waals surface area contributed by atoms with Gasteiger partial charge in [0.2, 0.25) is 5.91 Å². The summed E-state index contributed by atoms with van der Waals surface area (Å²) in [6, 6.07) is 5.38. The molecule has 100 valence electrons. The van der Waals surface area contributed by atoms with E-state index in [1.165, 1.54) is 24.3 Å². The van der Waals surface area contributed by atoms with Crippen molar-refractivity contribution in [2.75, 3.05) is 30.4 Å². The maximum Gasteiger partial charge on any atom is 0.238 e. The van der Waals surface area contributed by atoms with Gasteiger partial charge in [-0.1, -0.05) is 0 Å². The fraction of sp³-hybridized carbons (Fsp3) is 0.364. The molecule has 2 N–H and O–H groups in total. The number of anilines is 1. The Morgan fingerprint density at radius 2 is 1.89 bits per heavy atom. The first kappa shape index (κ1) is 14.6. The summed E-state index contributed by atoms with van der Waals surface area (Å²) in [5.74, 6) is -0.703. The first-order valence-electron chi connectivity index (χ1n) is 5.31.